The molecule has 1 aliphatic heterocycles. The number of nitriles is 1. The first kappa shape index (κ1) is 18.4. The maximum atomic E-state index is 9.07. The first-order chi connectivity index (χ1) is 13.7. The van der Waals surface area contributed by atoms with Crippen LogP contribution in [0.5, 0.6) is 0 Å². The van der Waals surface area contributed by atoms with Crippen molar-refractivity contribution in [3.05, 3.63) is 71.6 Å². The van der Waals surface area contributed by atoms with Crippen molar-refractivity contribution in [2.45, 2.75) is 19.0 Å². The molecule has 28 heavy (non-hydrogen) atoms. The van der Waals surface area contributed by atoms with Gasteiger partial charge in [0.1, 0.15) is 0 Å². The zero-order chi connectivity index (χ0) is 19.3. The van der Waals surface area contributed by atoms with E-state index < -0.39 is 0 Å². The molecular formula is C22H23N5O. The standard InChI is InChI=1S/C22H23N5O/c1-26-10-11-27(20(15-26)13-17-6-3-2-4-7-17)16-21-24-25-22(28-21)19-9-5-8-18(12-19)14-23/h2-9,12,20H,10-11,13,15-16H2,1H3. The second-order valence-electron chi connectivity index (χ2n) is 7.27. The largest absolute Gasteiger partial charge is 0.419 e. The SMILES string of the molecule is CN1CCN(Cc2nnc(-c3cccc(C#N)c3)o2)C(Cc2ccccc2)C1. The Balaban J connectivity index is 1.49. The van der Waals surface area contributed by atoms with Crippen molar-refractivity contribution >= 4 is 0 Å². The van der Waals surface area contributed by atoms with Gasteiger partial charge in [0.15, 0.2) is 0 Å². The van der Waals surface area contributed by atoms with Gasteiger partial charge in [-0.2, -0.15) is 5.26 Å². The van der Waals surface area contributed by atoms with E-state index in [1.165, 1.54) is 5.56 Å². The quantitative estimate of drug-likeness (QED) is 0.685. The second kappa shape index (κ2) is 8.34. The number of aromatic nitrogens is 2. The highest BCUT2D eigenvalue weighted by atomic mass is 16.4. The molecule has 0 N–H and O–H groups in total. The lowest BCUT2D eigenvalue weighted by Crippen LogP contribution is -2.52. The molecule has 0 saturated carbocycles. The van der Waals surface area contributed by atoms with Crippen molar-refractivity contribution in [1.29, 1.82) is 5.26 Å². The fourth-order valence-electron chi connectivity index (χ4n) is 3.67. The Hall–Kier alpha value is -3.01. The molecule has 4 rings (SSSR count). The highest BCUT2D eigenvalue weighted by molar-refractivity contribution is 5.55. The molecule has 0 spiro atoms. The molecule has 0 amide bonds. The summed E-state index contributed by atoms with van der Waals surface area (Å²) in [4.78, 5) is 4.80. The van der Waals surface area contributed by atoms with E-state index in [0.717, 1.165) is 31.6 Å². The summed E-state index contributed by atoms with van der Waals surface area (Å²) in [6.07, 6.45) is 0.996. The summed E-state index contributed by atoms with van der Waals surface area (Å²) < 4.78 is 5.91. The normalized spacial score (nSPS) is 18.1. The van der Waals surface area contributed by atoms with Gasteiger partial charge in [0.05, 0.1) is 18.2 Å². The van der Waals surface area contributed by atoms with Crippen molar-refractivity contribution in [2.75, 3.05) is 26.7 Å². The highest BCUT2D eigenvalue weighted by Crippen LogP contribution is 2.21. The molecular weight excluding hydrogens is 350 g/mol. The molecule has 1 fully saturated rings. The molecule has 6 heteroatoms. The lowest BCUT2D eigenvalue weighted by atomic mass is 10.0. The van der Waals surface area contributed by atoms with Crippen LogP contribution in [0.4, 0.5) is 0 Å². The van der Waals surface area contributed by atoms with E-state index in [4.69, 9.17) is 9.68 Å². The van der Waals surface area contributed by atoms with E-state index in [0.29, 0.717) is 29.9 Å². The van der Waals surface area contributed by atoms with Gasteiger partial charge in [0, 0.05) is 31.2 Å². The summed E-state index contributed by atoms with van der Waals surface area (Å²) in [6.45, 7) is 3.64. The smallest absolute Gasteiger partial charge is 0.247 e. The summed E-state index contributed by atoms with van der Waals surface area (Å²) >= 11 is 0. The van der Waals surface area contributed by atoms with Gasteiger partial charge in [-0.1, -0.05) is 36.4 Å². The van der Waals surface area contributed by atoms with Gasteiger partial charge >= 0.3 is 0 Å². The van der Waals surface area contributed by atoms with Gasteiger partial charge < -0.3 is 9.32 Å². The maximum Gasteiger partial charge on any atom is 0.247 e. The van der Waals surface area contributed by atoms with Crippen LogP contribution >= 0.6 is 0 Å². The number of hydrogen-bond donors (Lipinski definition) is 0. The Morgan fingerprint density at radius 2 is 1.96 bits per heavy atom. The fraction of sp³-hybridized carbons (Fsp3) is 0.318. The van der Waals surface area contributed by atoms with Gasteiger partial charge in [-0.15, -0.1) is 10.2 Å². The number of rotatable bonds is 5. The average molecular weight is 373 g/mol. The van der Waals surface area contributed by atoms with E-state index in [1.807, 2.05) is 12.1 Å². The van der Waals surface area contributed by atoms with Crippen LogP contribution in [0.1, 0.15) is 17.0 Å². The number of nitrogens with zero attached hydrogens (tertiary/aromatic N) is 5. The third kappa shape index (κ3) is 4.28. The Morgan fingerprint density at radius 1 is 1.11 bits per heavy atom. The Bertz CT molecular complexity index is 962. The summed E-state index contributed by atoms with van der Waals surface area (Å²) in [5, 5.41) is 17.5. The topological polar surface area (TPSA) is 69.2 Å². The van der Waals surface area contributed by atoms with Crippen molar-refractivity contribution in [3.8, 4) is 17.5 Å². The summed E-state index contributed by atoms with van der Waals surface area (Å²) in [6, 6.07) is 20.4. The van der Waals surface area contributed by atoms with Crippen molar-refractivity contribution in [1.82, 2.24) is 20.0 Å². The van der Waals surface area contributed by atoms with E-state index in [9.17, 15) is 0 Å². The zero-order valence-electron chi connectivity index (χ0n) is 16.0. The molecule has 2 aromatic carbocycles. The summed E-state index contributed by atoms with van der Waals surface area (Å²) in [7, 11) is 2.17. The molecule has 2 heterocycles. The molecule has 3 aromatic rings. The van der Waals surface area contributed by atoms with E-state index >= 15 is 0 Å². The Labute approximate surface area is 165 Å². The molecule has 1 atom stereocenters. The highest BCUT2D eigenvalue weighted by Gasteiger charge is 2.27. The van der Waals surface area contributed by atoms with E-state index in [-0.39, 0.29) is 0 Å². The van der Waals surface area contributed by atoms with Gasteiger partial charge in [-0.3, -0.25) is 4.90 Å². The maximum absolute atomic E-state index is 9.07. The van der Waals surface area contributed by atoms with E-state index in [2.05, 4.69) is 63.4 Å². The number of piperazine rings is 1. The first-order valence-electron chi connectivity index (χ1n) is 9.51. The molecule has 142 valence electrons. The van der Waals surface area contributed by atoms with Crippen molar-refractivity contribution in [2.24, 2.45) is 0 Å². The van der Waals surface area contributed by atoms with Crippen molar-refractivity contribution < 1.29 is 4.42 Å². The molecule has 1 aliphatic rings. The van der Waals surface area contributed by atoms with Crippen LogP contribution in [0, 0.1) is 11.3 Å². The summed E-state index contributed by atoms with van der Waals surface area (Å²) in [5.74, 6) is 1.07. The lowest BCUT2D eigenvalue weighted by Gasteiger charge is -2.39. The molecule has 0 radical (unpaired) electrons. The van der Waals surface area contributed by atoms with Gasteiger partial charge in [0.25, 0.3) is 0 Å². The van der Waals surface area contributed by atoms with Crippen LogP contribution in [-0.2, 0) is 13.0 Å². The minimum absolute atomic E-state index is 0.401. The van der Waals surface area contributed by atoms with Crippen LogP contribution in [-0.4, -0.2) is 52.7 Å². The molecule has 1 unspecified atom stereocenters. The third-order valence-electron chi connectivity index (χ3n) is 5.17. The molecule has 0 aliphatic carbocycles. The number of hydrogen-bond acceptors (Lipinski definition) is 6. The van der Waals surface area contributed by atoms with Crippen LogP contribution in [0.2, 0.25) is 0 Å². The number of likely N-dealkylation sites (N-methyl/N-ethyl adjacent to an activating group) is 1. The van der Waals surface area contributed by atoms with E-state index in [1.54, 1.807) is 12.1 Å². The Kier molecular flexibility index (Phi) is 5.47. The van der Waals surface area contributed by atoms with Crippen molar-refractivity contribution in [3.63, 3.8) is 0 Å². The zero-order valence-corrected chi connectivity index (χ0v) is 16.0. The minimum Gasteiger partial charge on any atom is -0.419 e. The minimum atomic E-state index is 0.401. The van der Waals surface area contributed by atoms with Crippen LogP contribution in [0.25, 0.3) is 11.5 Å². The third-order valence-corrected chi connectivity index (χ3v) is 5.17. The van der Waals surface area contributed by atoms with Crippen LogP contribution < -0.4 is 0 Å². The van der Waals surface area contributed by atoms with Gasteiger partial charge in [-0.25, -0.2) is 0 Å². The Morgan fingerprint density at radius 3 is 2.79 bits per heavy atom. The van der Waals surface area contributed by atoms with Gasteiger partial charge in [-0.05, 0) is 37.2 Å². The number of benzene rings is 2. The summed E-state index contributed by atoms with van der Waals surface area (Å²) in [5.41, 5.74) is 2.70. The average Bonchev–Trinajstić information content (AvgIpc) is 3.19. The second-order valence-corrected chi connectivity index (χ2v) is 7.27. The van der Waals surface area contributed by atoms with Crippen LogP contribution in [0.3, 0.4) is 0 Å². The predicted octanol–water partition coefficient (Wildman–Crippen LogP) is 2.97. The van der Waals surface area contributed by atoms with Crippen LogP contribution in [0.15, 0.2) is 59.0 Å². The van der Waals surface area contributed by atoms with Gasteiger partial charge in [0.2, 0.25) is 11.8 Å². The molecule has 1 saturated heterocycles. The first-order valence-corrected chi connectivity index (χ1v) is 9.51. The fourth-order valence-corrected chi connectivity index (χ4v) is 3.67. The predicted molar refractivity (Wildman–Crippen MR) is 106 cm³/mol. The molecule has 1 aromatic heterocycles. The monoisotopic (exact) mass is 373 g/mol. The lowest BCUT2D eigenvalue weighted by molar-refractivity contribution is 0.0761. The molecule has 6 nitrogen and oxygen atoms in total. The molecule has 0 bridgehead atoms.